The predicted octanol–water partition coefficient (Wildman–Crippen LogP) is 3.05. The van der Waals surface area contributed by atoms with Crippen LogP contribution in [-0.2, 0) is 14.3 Å². The number of nitrogens with zero attached hydrogens (tertiary/aromatic N) is 1. The van der Waals surface area contributed by atoms with E-state index in [9.17, 15) is 19.6 Å². The molecule has 8 nitrogen and oxygen atoms in total. The quantitative estimate of drug-likeness (QED) is 0.760. The number of ether oxygens (including phenoxy) is 2. The van der Waals surface area contributed by atoms with Crippen molar-refractivity contribution in [1.82, 2.24) is 0 Å². The normalized spacial score (nSPS) is 10.1. The van der Waals surface area contributed by atoms with E-state index in [0.717, 1.165) is 11.1 Å². The molecule has 1 aromatic carbocycles. The average molecular weight is 384 g/mol. The van der Waals surface area contributed by atoms with Crippen molar-refractivity contribution in [1.29, 1.82) is 5.26 Å². The van der Waals surface area contributed by atoms with Gasteiger partial charge in [-0.15, -0.1) is 0 Å². The summed E-state index contributed by atoms with van der Waals surface area (Å²) in [6.45, 7) is 6.35. The Kier molecular flexibility index (Phi) is 6.55. The maximum absolute atomic E-state index is 12.1. The first kappa shape index (κ1) is 20.7. The maximum Gasteiger partial charge on any atom is 0.343 e. The Morgan fingerprint density at radius 2 is 1.71 bits per heavy atom. The van der Waals surface area contributed by atoms with Crippen molar-refractivity contribution in [3.63, 3.8) is 0 Å². The van der Waals surface area contributed by atoms with Gasteiger partial charge in [0.05, 0.1) is 12.2 Å². The van der Waals surface area contributed by atoms with Crippen LogP contribution in [0.2, 0.25) is 0 Å². The van der Waals surface area contributed by atoms with E-state index >= 15 is 0 Å². The Morgan fingerprint density at radius 1 is 1.07 bits per heavy atom. The molecule has 0 aliphatic carbocycles. The second kappa shape index (κ2) is 8.86. The van der Waals surface area contributed by atoms with Gasteiger partial charge >= 0.3 is 11.9 Å². The van der Waals surface area contributed by atoms with E-state index in [-0.39, 0.29) is 29.4 Å². The van der Waals surface area contributed by atoms with Gasteiger partial charge in [0.25, 0.3) is 5.91 Å². The number of furan rings is 1. The first-order valence-electron chi connectivity index (χ1n) is 8.52. The van der Waals surface area contributed by atoms with E-state index in [0.29, 0.717) is 5.56 Å². The minimum Gasteiger partial charge on any atom is -0.462 e. The Morgan fingerprint density at radius 3 is 2.29 bits per heavy atom. The lowest BCUT2D eigenvalue weighted by Gasteiger charge is -2.07. The highest BCUT2D eigenvalue weighted by Gasteiger charge is 2.26. The molecule has 0 aliphatic heterocycles. The maximum atomic E-state index is 12.1. The van der Waals surface area contributed by atoms with E-state index in [2.05, 4.69) is 5.32 Å². The SMILES string of the molecule is CCOC(=O)c1c(C)oc(NC(=O)COC(=O)c2cc(C)cc(C)c2)c1C#N. The predicted molar refractivity (Wildman–Crippen MR) is 98.9 cm³/mol. The van der Waals surface area contributed by atoms with Crippen LogP contribution >= 0.6 is 0 Å². The number of aryl methyl sites for hydroxylation is 3. The van der Waals surface area contributed by atoms with Crippen LogP contribution in [0.15, 0.2) is 22.6 Å². The molecule has 1 N–H and O–H groups in total. The number of amides is 1. The van der Waals surface area contributed by atoms with Crippen molar-refractivity contribution in [3.05, 3.63) is 51.8 Å². The van der Waals surface area contributed by atoms with Gasteiger partial charge in [-0.3, -0.25) is 10.1 Å². The zero-order chi connectivity index (χ0) is 20.8. The summed E-state index contributed by atoms with van der Waals surface area (Å²) in [7, 11) is 0. The van der Waals surface area contributed by atoms with Crippen molar-refractivity contribution >= 4 is 23.7 Å². The zero-order valence-corrected chi connectivity index (χ0v) is 16.0. The number of anilines is 1. The van der Waals surface area contributed by atoms with Gasteiger partial charge in [-0.1, -0.05) is 17.2 Å². The topological polar surface area (TPSA) is 119 Å². The molecule has 0 aliphatic rings. The van der Waals surface area contributed by atoms with Crippen LogP contribution in [0.1, 0.15) is 50.1 Å². The summed E-state index contributed by atoms with van der Waals surface area (Å²) in [6, 6.07) is 7.04. The molecule has 0 atom stereocenters. The van der Waals surface area contributed by atoms with E-state index < -0.39 is 24.5 Å². The fourth-order valence-corrected chi connectivity index (χ4v) is 2.66. The van der Waals surface area contributed by atoms with Crippen LogP contribution in [0, 0.1) is 32.1 Å². The second-order valence-electron chi connectivity index (χ2n) is 6.07. The van der Waals surface area contributed by atoms with Gasteiger partial charge in [0.2, 0.25) is 5.88 Å². The van der Waals surface area contributed by atoms with E-state index in [4.69, 9.17) is 13.9 Å². The lowest BCUT2D eigenvalue weighted by Crippen LogP contribution is -2.21. The number of benzene rings is 1. The summed E-state index contributed by atoms with van der Waals surface area (Å²) in [5.41, 5.74) is 1.93. The monoisotopic (exact) mass is 384 g/mol. The number of nitriles is 1. The molecule has 146 valence electrons. The molecule has 1 aromatic heterocycles. The van der Waals surface area contributed by atoms with Crippen molar-refractivity contribution in [2.75, 3.05) is 18.5 Å². The third-order valence-electron chi connectivity index (χ3n) is 3.72. The van der Waals surface area contributed by atoms with Gasteiger partial charge < -0.3 is 13.9 Å². The molecule has 1 amide bonds. The summed E-state index contributed by atoms with van der Waals surface area (Å²) in [6.07, 6.45) is 0. The Labute approximate surface area is 162 Å². The fourth-order valence-electron chi connectivity index (χ4n) is 2.66. The standard InChI is InChI=1S/C20H20N2O6/c1-5-26-20(25)17-13(4)28-18(15(17)9-21)22-16(23)10-27-19(24)14-7-11(2)6-12(3)8-14/h6-8H,5,10H2,1-4H3,(H,22,23). The fraction of sp³-hybridized carbons (Fsp3) is 0.300. The number of hydrogen-bond donors (Lipinski definition) is 1. The van der Waals surface area contributed by atoms with Gasteiger partial charge in [0.15, 0.2) is 6.61 Å². The van der Waals surface area contributed by atoms with Crippen molar-refractivity contribution < 1.29 is 28.3 Å². The minimum atomic E-state index is -0.720. The van der Waals surface area contributed by atoms with Crippen LogP contribution < -0.4 is 5.32 Å². The molecule has 0 radical (unpaired) electrons. The lowest BCUT2D eigenvalue weighted by molar-refractivity contribution is -0.119. The molecule has 0 saturated carbocycles. The number of nitrogens with one attached hydrogen (secondary N) is 1. The van der Waals surface area contributed by atoms with Crippen LogP contribution in [0.3, 0.4) is 0 Å². The highest BCUT2D eigenvalue weighted by Crippen LogP contribution is 2.27. The number of hydrogen-bond acceptors (Lipinski definition) is 7. The highest BCUT2D eigenvalue weighted by molar-refractivity contribution is 5.99. The van der Waals surface area contributed by atoms with Crippen molar-refractivity contribution in [2.45, 2.75) is 27.7 Å². The van der Waals surface area contributed by atoms with Gasteiger partial charge in [0, 0.05) is 0 Å². The van der Waals surface area contributed by atoms with Crippen molar-refractivity contribution in [2.24, 2.45) is 0 Å². The molecule has 2 aromatic rings. The average Bonchev–Trinajstić information content (AvgIpc) is 2.93. The molecule has 0 unspecified atom stereocenters. The molecule has 0 fully saturated rings. The molecule has 0 bridgehead atoms. The van der Waals surface area contributed by atoms with Gasteiger partial charge in [-0.2, -0.15) is 5.26 Å². The Bertz CT molecular complexity index is 948. The van der Waals surface area contributed by atoms with Gasteiger partial charge in [0.1, 0.15) is 23.0 Å². The van der Waals surface area contributed by atoms with Gasteiger partial charge in [-0.05, 0) is 39.8 Å². The molecule has 8 heteroatoms. The molecule has 1 heterocycles. The molecular weight excluding hydrogens is 364 g/mol. The smallest absolute Gasteiger partial charge is 0.343 e. The van der Waals surface area contributed by atoms with E-state index in [1.54, 1.807) is 19.1 Å². The highest BCUT2D eigenvalue weighted by atomic mass is 16.5. The van der Waals surface area contributed by atoms with Crippen LogP contribution in [0.25, 0.3) is 0 Å². The molecular formula is C20H20N2O6. The van der Waals surface area contributed by atoms with E-state index in [1.807, 2.05) is 26.0 Å². The van der Waals surface area contributed by atoms with E-state index in [1.165, 1.54) is 6.92 Å². The first-order valence-corrected chi connectivity index (χ1v) is 8.52. The second-order valence-corrected chi connectivity index (χ2v) is 6.07. The Balaban J connectivity index is 2.07. The van der Waals surface area contributed by atoms with Crippen LogP contribution in [-0.4, -0.2) is 31.1 Å². The Hall–Kier alpha value is -3.60. The summed E-state index contributed by atoms with van der Waals surface area (Å²) < 4.78 is 15.2. The summed E-state index contributed by atoms with van der Waals surface area (Å²) >= 11 is 0. The molecule has 2 rings (SSSR count). The number of carbonyl (C=O) groups is 3. The summed E-state index contributed by atoms with van der Waals surface area (Å²) in [4.78, 5) is 36.2. The van der Waals surface area contributed by atoms with Crippen molar-refractivity contribution in [3.8, 4) is 6.07 Å². The van der Waals surface area contributed by atoms with Crippen LogP contribution in [0.5, 0.6) is 0 Å². The third kappa shape index (κ3) is 4.76. The third-order valence-corrected chi connectivity index (χ3v) is 3.72. The lowest BCUT2D eigenvalue weighted by atomic mass is 10.1. The van der Waals surface area contributed by atoms with Gasteiger partial charge in [-0.25, -0.2) is 9.59 Å². The first-order chi connectivity index (χ1) is 13.3. The molecule has 0 spiro atoms. The summed E-state index contributed by atoms with van der Waals surface area (Å²) in [5, 5.41) is 11.6. The number of carbonyl (C=O) groups excluding carboxylic acids is 3. The number of rotatable bonds is 6. The minimum absolute atomic E-state index is 0.0492. The zero-order valence-electron chi connectivity index (χ0n) is 16.0. The number of esters is 2. The molecule has 28 heavy (non-hydrogen) atoms. The summed E-state index contributed by atoms with van der Waals surface area (Å²) in [5.74, 6) is -2.14. The van der Waals surface area contributed by atoms with Crippen LogP contribution in [0.4, 0.5) is 5.88 Å². The largest absolute Gasteiger partial charge is 0.462 e. The molecule has 0 saturated heterocycles.